The normalized spacial score (nSPS) is 16.3. The summed E-state index contributed by atoms with van der Waals surface area (Å²) in [5.74, 6) is 0.289. The van der Waals surface area contributed by atoms with Gasteiger partial charge in [-0.1, -0.05) is 26.0 Å². The van der Waals surface area contributed by atoms with Crippen LogP contribution in [0.3, 0.4) is 0 Å². The number of carbonyl (C=O) groups excluding carboxylic acids is 1. The zero-order chi connectivity index (χ0) is 23.8. The minimum absolute atomic E-state index is 0.0827. The van der Waals surface area contributed by atoms with Crippen molar-refractivity contribution in [2.45, 2.75) is 89.3 Å². The lowest BCUT2D eigenvalue weighted by Gasteiger charge is -2.35. The van der Waals surface area contributed by atoms with Crippen LogP contribution < -0.4 is 4.74 Å². The number of benzene rings is 1. The van der Waals surface area contributed by atoms with Crippen LogP contribution in [0.5, 0.6) is 5.75 Å². The first-order valence-corrected chi connectivity index (χ1v) is 11.6. The Morgan fingerprint density at radius 1 is 1.06 bits per heavy atom. The van der Waals surface area contributed by atoms with Gasteiger partial charge in [0.2, 0.25) is 0 Å². The predicted octanol–water partition coefficient (Wildman–Crippen LogP) is 4.20. The number of carbonyl (C=O) groups is 1. The fraction of sp³-hybridized carbons (Fsp3) is 0.708. The van der Waals surface area contributed by atoms with Gasteiger partial charge < -0.3 is 24.4 Å². The molecule has 0 radical (unpaired) electrons. The standard InChI is InChI=1S/C24H40O6S/c1-16(14-29-15-18-9-11-19(28-8)12-10-18)22(27)17(2)31-24(6,7)20(25)13-21(26)30-23(3,4)5/h9-12,16-17,20,22,25,27H,13-15H2,1-8H3/t16-,17+,20?,22-/m0/s1. The summed E-state index contributed by atoms with van der Waals surface area (Å²) >= 11 is 1.46. The van der Waals surface area contributed by atoms with Crippen LogP contribution >= 0.6 is 11.8 Å². The van der Waals surface area contributed by atoms with Gasteiger partial charge >= 0.3 is 5.97 Å². The van der Waals surface area contributed by atoms with Crippen molar-refractivity contribution in [1.82, 2.24) is 0 Å². The van der Waals surface area contributed by atoms with Crippen molar-refractivity contribution in [2.24, 2.45) is 5.92 Å². The molecule has 0 spiro atoms. The van der Waals surface area contributed by atoms with E-state index in [0.29, 0.717) is 13.2 Å². The minimum atomic E-state index is -0.886. The van der Waals surface area contributed by atoms with Crippen LogP contribution in [0, 0.1) is 5.92 Å². The van der Waals surface area contributed by atoms with E-state index in [1.165, 1.54) is 11.8 Å². The van der Waals surface area contributed by atoms with E-state index < -0.39 is 28.5 Å². The van der Waals surface area contributed by atoms with Gasteiger partial charge in [-0.3, -0.25) is 4.79 Å². The van der Waals surface area contributed by atoms with Crippen molar-refractivity contribution < 1.29 is 29.2 Å². The number of aliphatic hydroxyl groups is 2. The van der Waals surface area contributed by atoms with Crippen LogP contribution in [0.4, 0.5) is 0 Å². The predicted molar refractivity (Wildman–Crippen MR) is 125 cm³/mol. The first-order chi connectivity index (χ1) is 14.2. The average molecular weight is 457 g/mol. The lowest BCUT2D eigenvalue weighted by Crippen LogP contribution is -2.41. The molecule has 0 saturated carbocycles. The number of rotatable bonds is 12. The highest BCUT2D eigenvalue weighted by molar-refractivity contribution is 8.01. The summed E-state index contributed by atoms with van der Waals surface area (Å²) in [5.41, 5.74) is 0.454. The van der Waals surface area contributed by atoms with Gasteiger partial charge in [0.15, 0.2) is 0 Å². The zero-order valence-electron chi connectivity index (χ0n) is 20.2. The zero-order valence-corrected chi connectivity index (χ0v) is 21.0. The van der Waals surface area contributed by atoms with Crippen molar-refractivity contribution in [2.75, 3.05) is 13.7 Å². The SMILES string of the molecule is COc1ccc(COC[C@H](C)[C@H](O)[C@@H](C)SC(C)(C)C(O)CC(=O)OC(C)(C)C)cc1. The third-order valence-corrected chi connectivity index (χ3v) is 6.47. The third kappa shape index (κ3) is 10.3. The lowest BCUT2D eigenvalue weighted by atomic mass is 10.0. The van der Waals surface area contributed by atoms with E-state index in [9.17, 15) is 15.0 Å². The number of hydrogen-bond donors (Lipinski definition) is 2. The minimum Gasteiger partial charge on any atom is -0.497 e. The maximum atomic E-state index is 12.1. The van der Waals surface area contributed by atoms with Gasteiger partial charge in [0, 0.05) is 15.9 Å². The monoisotopic (exact) mass is 456 g/mol. The van der Waals surface area contributed by atoms with Gasteiger partial charge in [0.05, 0.1) is 39.0 Å². The Bertz CT molecular complexity index is 668. The summed E-state index contributed by atoms with van der Waals surface area (Å²) < 4.78 is 15.6. The Balaban J connectivity index is 2.49. The van der Waals surface area contributed by atoms with Crippen LogP contribution in [0.15, 0.2) is 24.3 Å². The highest BCUT2D eigenvalue weighted by Gasteiger charge is 2.36. The summed E-state index contributed by atoms with van der Waals surface area (Å²) in [6.45, 7) is 13.9. The van der Waals surface area contributed by atoms with Crippen molar-refractivity contribution in [3.8, 4) is 5.75 Å². The average Bonchev–Trinajstić information content (AvgIpc) is 2.65. The summed E-state index contributed by atoms with van der Waals surface area (Å²) in [5, 5.41) is 21.2. The highest BCUT2D eigenvalue weighted by Crippen LogP contribution is 2.36. The van der Waals surface area contributed by atoms with Crippen LogP contribution in [0.2, 0.25) is 0 Å². The molecule has 0 fully saturated rings. The molecular formula is C24H40O6S. The van der Waals surface area contributed by atoms with E-state index in [4.69, 9.17) is 14.2 Å². The quantitative estimate of drug-likeness (QED) is 0.456. The number of ether oxygens (including phenoxy) is 3. The maximum Gasteiger partial charge on any atom is 0.308 e. The number of aliphatic hydroxyl groups excluding tert-OH is 2. The fourth-order valence-corrected chi connectivity index (χ4v) is 4.67. The van der Waals surface area contributed by atoms with Crippen molar-refractivity contribution in [3.05, 3.63) is 29.8 Å². The van der Waals surface area contributed by atoms with Crippen LogP contribution in [-0.4, -0.2) is 57.7 Å². The Morgan fingerprint density at radius 3 is 2.16 bits per heavy atom. The molecule has 1 rings (SSSR count). The molecule has 0 saturated heterocycles. The molecule has 1 unspecified atom stereocenters. The maximum absolute atomic E-state index is 12.1. The molecule has 0 aliphatic carbocycles. The number of hydrogen-bond acceptors (Lipinski definition) is 7. The molecule has 0 aliphatic rings. The lowest BCUT2D eigenvalue weighted by molar-refractivity contribution is -0.157. The Kier molecular flexibility index (Phi) is 10.8. The largest absolute Gasteiger partial charge is 0.497 e. The molecule has 0 amide bonds. The van der Waals surface area contributed by atoms with Crippen LogP contribution in [-0.2, 0) is 20.9 Å². The molecule has 1 aromatic carbocycles. The van der Waals surface area contributed by atoms with E-state index in [0.717, 1.165) is 11.3 Å². The molecule has 178 valence electrons. The molecule has 0 bridgehead atoms. The summed E-state index contributed by atoms with van der Waals surface area (Å²) in [6.07, 6.45) is -1.59. The molecule has 2 N–H and O–H groups in total. The Hall–Kier alpha value is -1.28. The van der Waals surface area contributed by atoms with Crippen molar-refractivity contribution in [3.63, 3.8) is 0 Å². The second-order valence-electron chi connectivity index (χ2n) is 9.56. The molecule has 31 heavy (non-hydrogen) atoms. The molecule has 7 heteroatoms. The Labute approximate surface area is 191 Å². The van der Waals surface area contributed by atoms with E-state index in [1.54, 1.807) is 27.9 Å². The first-order valence-electron chi connectivity index (χ1n) is 10.7. The molecule has 0 heterocycles. The second kappa shape index (κ2) is 12.1. The molecule has 0 aromatic heterocycles. The molecule has 1 aromatic rings. The summed E-state index contributed by atoms with van der Waals surface area (Å²) in [4.78, 5) is 12.1. The first kappa shape index (κ1) is 27.8. The van der Waals surface area contributed by atoms with Crippen molar-refractivity contribution >= 4 is 17.7 Å². The molecule has 0 aliphatic heterocycles. The van der Waals surface area contributed by atoms with Gasteiger partial charge in [-0.05, 0) is 52.3 Å². The van der Waals surface area contributed by atoms with E-state index >= 15 is 0 Å². The number of methoxy groups -OCH3 is 1. The highest BCUT2D eigenvalue weighted by atomic mass is 32.2. The molecule has 4 atom stereocenters. The van der Waals surface area contributed by atoms with Gasteiger partial charge in [-0.2, -0.15) is 0 Å². The smallest absolute Gasteiger partial charge is 0.308 e. The Morgan fingerprint density at radius 2 is 1.65 bits per heavy atom. The number of esters is 1. The third-order valence-electron chi connectivity index (χ3n) is 4.94. The molecular weight excluding hydrogens is 416 g/mol. The summed E-state index contributed by atoms with van der Waals surface area (Å²) in [6, 6.07) is 7.68. The topological polar surface area (TPSA) is 85.2 Å². The van der Waals surface area contributed by atoms with Crippen LogP contribution in [0.1, 0.15) is 60.5 Å². The van der Waals surface area contributed by atoms with Crippen LogP contribution in [0.25, 0.3) is 0 Å². The molecule has 6 nitrogen and oxygen atoms in total. The van der Waals surface area contributed by atoms with E-state index in [1.807, 2.05) is 52.0 Å². The summed E-state index contributed by atoms with van der Waals surface area (Å²) in [7, 11) is 1.63. The van der Waals surface area contributed by atoms with Gasteiger partial charge in [0.25, 0.3) is 0 Å². The second-order valence-corrected chi connectivity index (χ2v) is 11.6. The van der Waals surface area contributed by atoms with E-state index in [2.05, 4.69) is 0 Å². The van der Waals surface area contributed by atoms with E-state index in [-0.39, 0.29) is 17.6 Å². The van der Waals surface area contributed by atoms with Gasteiger partial charge in [-0.25, -0.2) is 0 Å². The fourth-order valence-electron chi connectivity index (χ4n) is 3.06. The number of thioether (sulfide) groups is 1. The van der Waals surface area contributed by atoms with Crippen molar-refractivity contribution in [1.29, 1.82) is 0 Å². The van der Waals surface area contributed by atoms with Gasteiger partial charge in [-0.15, -0.1) is 11.8 Å². The van der Waals surface area contributed by atoms with Gasteiger partial charge in [0.1, 0.15) is 11.4 Å².